The third-order valence-corrected chi connectivity index (χ3v) is 5.86. The van der Waals surface area contributed by atoms with E-state index in [1.807, 2.05) is 32.6 Å². The SMILES string of the molecule is CCc1cnc(Cl)c(C)c1OC1CC2CCCC(C1)N2C(=O)OC(C)(C)C. The molecule has 0 aromatic carbocycles. The molecule has 2 aliphatic heterocycles. The predicted octanol–water partition coefficient (Wildman–Crippen LogP) is 5.31. The molecule has 3 rings (SSSR count). The summed E-state index contributed by atoms with van der Waals surface area (Å²) < 4.78 is 12.1. The summed E-state index contributed by atoms with van der Waals surface area (Å²) in [4.78, 5) is 18.9. The lowest BCUT2D eigenvalue weighted by atomic mass is 9.83. The topological polar surface area (TPSA) is 51.7 Å². The standard InChI is InChI=1S/C21H31ClN2O3/c1-6-14-12-23-19(22)13(2)18(14)26-17-10-15-8-7-9-16(11-17)24(15)20(25)27-21(3,4)5/h12,15-17H,6-11H2,1-5H3. The Kier molecular flexibility index (Phi) is 5.90. The first kappa shape index (κ1) is 20.2. The number of fused-ring (bicyclic) bond motifs is 2. The van der Waals surface area contributed by atoms with Gasteiger partial charge in [0.05, 0.1) is 0 Å². The van der Waals surface area contributed by atoms with Crippen molar-refractivity contribution in [3.8, 4) is 5.75 Å². The number of rotatable bonds is 3. The lowest BCUT2D eigenvalue weighted by Crippen LogP contribution is -2.57. The van der Waals surface area contributed by atoms with Gasteiger partial charge in [0.2, 0.25) is 0 Å². The van der Waals surface area contributed by atoms with Crippen molar-refractivity contribution in [2.45, 2.75) is 96.9 Å². The van der Waals surface area contributed by atoms with Gasteiger partial charge in [-0.05, 0) is 53.4 Å². The van der Waals surface area contributed by atoms with Crippen LogP contribution in [-0.2, 0) is 11.2 Å². The van der Waals surface area contributed by atoms with Crippen LogP contribution in [0.3, 0.4) is 0 Å². The minimum atomic E-state index is -0.473. The molecule has 6 heteroatoms. The Morgan fingerprint density at radius 2 is 1.93 bits per heavy atom. The van der Waals surface area contributed by atoms with Gasteiger partial charge in [-0.3, -0.25) is 0 Å². The fourth-order valence-corrected chi connectivity index (χ4v) is 4.38. The third kappa shape index (κ3) is 4.50. The van der Waals surface area contributed by atoms with Gasteiger partial charge >= 0.3 is 6.09 Å². The Morgan fingerprint density at radius 1 is 1.30 bits per heavy atom. The summed E-state index contributed by atoms with van der Waals surface area (Å²) in [7, 11) is 0. The Labute approximate surface area is 167 Å². The number of hydrogen-bond donors (Lipinski definition) is 0. The van der Waals surface area contributed by atoms with Gasteiger partial charge in [0, 0.05) is 42.2 Å². The molecule has 150 valence electrons. The van der Waals surface area contributed by atoms with E-state index < -0.39 is 5.60 Å². The Morgan fingerprint density at radius 3 is 2.48 bits per heavy atom. The van der Waals surface area contributed by atoms with Crippen molar-refractivity contribution in [1.29, 1.82) is 0 Å². The number of hydrogen-bond acceptors (Lipinski definition) is 4. The molecule has 2 saturated heterocycles. The summed E-state index contributed by atoms with van der Waals surface area (Å²) >= 11 is 6.22. The average Bonchev–Trinajstić information content (AvgIpc) is 2.57. The van der Waals surface area contributed by atoms with Crippen LogP contribution >= 0.6 is 11.6 Å². The first-order valence-corrected chi connectivity index (χ1v) is 10.4. The summed E-state index contributed by atoms with van der Waals surface area (Å²) in [6.07, 6.45) is 7.39. The van der Waals surface area contributed by atoms with Crippen LogP contribution in [-0.4, -0.2) is 39.8 Å². The Bertz CT molecular complexity index is 687. The van der Waals surface area contributed by atoms with Gasteiger partial charge in [-0.1, -0.05) is 18.5 Å². The molecule has 1 amide bonds. The molecular weight excluding hydrogens is 364 g/mol. The van der Waals surface area contributed by atoms with Gasteiger partial charge < -0.3 is 14.4 Å². The molecule has 1 aromatic heterocycles. The largest absolute Gasteiger partial charge is 0.490 e. The van der Waals surface area contributed by atoms with Crippen molar-refractivity contribution in [1.82, 2.24) is 9.88 Å². The van der Waals surface area contributed by atoms with Gasteiger partial charge in [0.25, 0.3) is 0 Å². The van der Waals surface area contributed by atoms with E-state index in [1.54, 1.807) is 6.20 Å². The van der Waals surface area contributed by atoms with E-state index in [1.165, 1.54) is 0 Å². The maximum absolute atomic E-state index is 12.7. The molecule has 0 saturated carbocycles. The Hall–Kier alpha value is -1.49. The fourth-order valence-electron chi connectivity index (χ4n) is 4.25. The second kappa shape index (κ2) is 7.86. The highest BCUT2D eigenvalue weighted by molar-refractivity contribution is 6.30. The lowest BCUT2D eigenvalue weighted by Gasteiger charge is -2.48. The molecule has 2 bridgehead atoms. The maximum Gasteiger partial charge on any atom is 0.410 e. The molecule has 0 spiro atoms. The van der Waals surface area contributed by atoms with Crippen LogP contribution in [0.4, 0.5) is 4.79 Å². The van der Waals surface area contributed by atoms with E-state index in [-0.39, 0.29) is 24.3 Å². The number of aromatic nitrogens is 1. The molecule has 0 aliphatic carbocycles. The first-order chi connectivity index (χ1) is 12.7. The van der Waals surface area contributed by atoms with Crippen molar-refractivity contribution >= 4 is 17.7 Å². The van der Waals surface area contributed by atoms with Crippen LogP contribution < -0.4 is 4.74 Å². The monoisotopic (exact) mass is 394 g/mol. The number of ether oxygens (including phenoxy) is 2. The number of pyridine rings is 1. The number of carbonyl (C=O) groups is 1. The summed E-state index contributed by atoms with van der Waals surface area (Å²) in [5.41, 5.74) is 1.51. The van der Waals surface area contributed by atoms with Gasteiger partial charge in [0.1, 0.15) is 22.6 Å². The molecule has 0 radical (unpaired) electrons. The number of carbonyl (C=O) groups excluding carboxylic acids is 1. The third-order valence-electron chi connectivity index (χ3n) is 5.48. The predicted molar refractivity (Wildman–Crippen MR) is 107 cm³/mol. The van der Waals surface area contributed by atoms with E-state index in [0.29, 0.717) is 5.15 Å². The normalized spacial score (nSPS) is 25.3. The van der Waals surface area contributed by atoms with Crippen molar-refractivity contribution in [2.75, 3.05) is 0 Å². The molecule has 27 heavy (non-hydrogen) atoms. The van der Waals surface area contributed by atoms with Gasteiger partial charge in [0.15, 0.2) is 0 Å². The highest BCUT2D eigenvalue weighted by Crippen LogP contribution is 2.38. The molecule has 5 nitrogen and oxygen atoms in total. The molecule has 2 atom stereocenters. The molecule has 2 unspecified atom stereocenters. The summed E-state index contributed by atoms with van der Waals surface area (Å²) in [6.45, 7) is 9.80. The molecule has 0 N–H and O–H groups in total. The second-order valence-corrected chi connectivity index (χ2v) is 9.08. The quantitative estimate of drug-likeness (QED) is 0.652. The van der Waals surface area contributed by atoms with E-state index in [2.05, 4.69) is 11.9 Å². The summed E-state index contributed by atoms with van der Waals surface area (Å²) in [5, 5.41) is 0.494. The number of amides is 1. The molecule has 1 aromatic rings. The highest BCUT2D eigenvalue weighted by atomic mass is 35.5. The van der Waals surface area contributed by atoms with Crippen LogP contribution in [0.5, 0.6) is 5.75 Å². The second-order valence-electron chi connectivity index (χ2n) is 8.72. The minimum Gasteiger partial charge on any atom is -0.490 e. The number of halogens is 1. The van der Waals surface area contributed by atoms with E-state index in [0.717, 1.165) is 55.4 Å². The van der Waals surface area contributed by atoms with Crippen LogP contribution in [0.15, 0.2) is 6.20 Å². The van der Waals surface area contributed by atoms with Crippen molar-refractivity contribution in [2.24, 2.45) is 0 Å². The Balaban J connectivity index is 1.76. The maximum atomic E-state index is 12.7. The summed E-state index contributed by atoms with van der Waals surface area (Å²) in [5.74, 6) is 0.867. The zero-order chi connectivity index (χ0) is 19.8. The van der Waals surface area contributed by atoms with E-state index >= 15 is 0 Å². The molecule has 2 fully saturated rings. The van der Waals surface area contributed by atoms with Crippen molar-refractivity contribution < 1.29 is 14.3 Å². The molecule has 3 heterocycles. The fraction of sp³-hybridized carbons (Fsp3) is 0.714. The van der Waals surface area contributed by atoms with Gasteiger partial charge in [-0.2, -0.15) is 0 Å². The number of nitrogens with zero attached hydrogens (tertiary/aromatic N) is 2. The minimum absolute atomic E-state index is 0.0847. The summed E-state index contributed by atoms with van der Waals surface area (Å²) in [6, 6.07) is 0.361. The number of piperidine rings is 2. The molecule has 2 aliphatic rings. The van der Waals surface area contributed by atoms with Crippen LogP contribution in [0.2, 0.25) is 5.15 Å². The molecular formula is C21H31ClN2O3. The zero-order valence-corrected chi connectivity index (χ0v) is 17.8. The van der Waals surface area contributed by atoms with Crippen LogP contribution in [0, 0.1) is 6.92 Å². The lowest BCUT2D eigenvalue weighted by molar-refractivity contribution is -0.0408. The number of aryl methyl sites for hydroxylation is 1. The average molecular weight is 395 g/mol. The van der Waals surface area contributed by atoms with Crippen LogP contribution in [0.25, 0.3) is 0 Å². The van der Waals surface area contributed by atoms with Crippen molar-refractivity contribution in [3.05, 3.63) is 22.5 Å². The van der Waals surface area contributed by atoms with Gasteiger partial charge in [-0.25, -0.2) is 9.78 Å². The first-order valence-electron chi connectivity index (χ1n) is 10.0. The zero-order valence-electron chi connectivity index (χ0n) is 17.0. The highest BCUT2D eigenvalue weighted by Gasteiger charge is 2.43. The van der Waals surface area contributed by atoms with Gasteiger partial charge in [-0.15, -0.1) is 0 Å². The van der Waals surface area contributed by atoms with E-state index in [4.69, 9.17) is 21.1 Å². The van der Waals surface area contributed by atoms with Crippen molar-refractivity contribution in [3.63, 3.8) is 0 Å². The van der Waals surface area contributed by atoms with Crippen LogP contribution in [0.1, 0.15) is 70.9 Å². The smallest absolute Gasteiger partial charge is 0.410 e. The van der Waals surface area contributed by atoms with E-state index in [9.17, 15) is 4.79 Å².